The molecule has 4 aliphatic rings. The molecule has 218 valence electrons. The summed E-state index contributed by atoms with van der Waals surface area (Å²) in [5, 5.41) is 12.1. The van der Waals surface area contributed by atoms with Crippen molar-refractivity contribution in [2.24, 2.45) is 5.92 Å². The summed E-state index contributed by atoms with van der Waals surface area (Å²) in [5.74, 6) is 0.236. The van der Waals surface area contributed by atoms with E-state index in [0.29, 0.717) is 49.4 Å². The maximum absolute atomic E-state index is 16.0. The lowest BCUT2D eigenvalue weighted by Crippen LogP contribution is -2.46. The van der Waals surface area contributed by atoms with Crippen molar-refractivity contribution < 1.29 is 14.2 Å². The standard InChI is InChI=1S/C32H39ClFN5O2/c1-22-23(10-5-11-25(22)33)9-3-4-12-26-27(34)28-24(19-35-26)29(38-16-6-13-31(2,40)20-38)37-30(36-28)41-21-32-14-7-17-39(32)18-8-15-32/h3-5,9-11,19,22,40H,6-8,12-18,20-21H2,1-2H3/b4-3-,23-9-. The minimum atomic E-state index is -0.847. The normalized spacial score (nSPS) is 27.2. The highest BCUT2D eigenvalue weighted by atomic mass is 35.5. The summed E-state index contributed by atoms with van der Waals surface area (Å²) >= 11 is 6.27. The molecule has 7 nitrogen and oxygen atoms in total. The molecule has 0 amide bonds. The molecule has 2 unspecified atom stereocenters. The van der Waals surface area contributed by atoms with Gasteiger partial charge in [-0.1, -0.05) is 48.9 Å². The Bertz CT molecular complexity index is 1420. The third-order valence-electron chi connectivity index (χ3n) is 9.17. The van der Waals surface area contributed by atoms with Crippen molar-refractivity contribution in [3.8, 4) is 6.01 Å². The summed E-state index contributed by atoms with van der Waals surface area (Å²) in [7, 11) is 0. The van der Waals surface area contributed by atoms with E-state index in [2.05, 4.69) is 21.8 Å². The first kappa shape index (κ1) is 28.3. The third-order valence-corrected chi connectivity index (χ3v) is 9.62. The van der Waals surface area contributed by atoms with Crippen LogP contribution in [0.2, 0.25) is 0 Å². The molecule has 2 aromatic heterocycles. The van der Waals surface area contributed by atoms with Gasteiger partial charge in [0.15, 0.2) is 5.82 Å². The number of aliphatic hydroxyl groups is 1. The Morgan fingerprint density at radius 2 is 1.95 bits per heavy atom. The average molecular weight is 580 g/mol. The van der Waals surface area contributed by atoms with Crippen LogP contribution in [0.1, 0.15) is 58.1 Å². The Labute approximate surface area is 246 Å². The van der Waals surface area contributed by atoms with Gasteiger partial charge >= 0.3 is 6.01 Å². The molecule has 0 bridgehead atoms. The van der Waals surface area contributed by atoms with Crippen LogP contribution in [-0.4, -0.2) is 68.9 Å². The summed E-state index contributed by atoms with van der Waals surface area (Å²) in [4.78, 5) is 18.4. The van der Waals surface area contributed by atoms with E-state index in [4.69, 9.17) is 21.3 Å². The van der Waals surface area contributed by atoms with Crippen molar-refractivity contribution in [1.29, 1.82) is 0 Å². The predicted molar refractivity (Wildman–Crippen MR) is 161 cm³/mol. The number of hydrogen-bond donors (Lipinski definition) is 1. The van der Waals surface area contributed by atoms with Crippen LogP contribution in [-0.2, 0) is 6.42 Å². The fraction of sp³-hybridized carbons (Fsp3) is 0.531. The second-order valence-corrected chi connectivity index (χ2v) is 12.7. The van der Waals surface area contributed by atoms with Gasteiger partial charge in [-0.2, -0.15) is 9.97 Å². The van der Waals surface area contributed by atoms with E-state index in [1.54, 1.807) is 6.20 Å². The zero-order chi connectivity index (χ0) is 28.6. The van der Waals surface area contributed by atoms with Gasteiger partial charge in [0.25, 0.3) is 0 Å². The quantitative estimate of drug-likeness (QED) is 0.439. The van der Waals surface area contributed by atoms with Crippen LogP contribution in [0.3, 0.4) is 0 Å². The first-order chi connectivity index (χ1) is 19.7. The summed E-state index contributed by atoms with van der Waals surface area (Å²) < 4.78 is 22.3. The Hall–Kier alpha value is -2.81. The lowest BCUT2D eigenvalue weighted by Gasteiger charge is -2.38. The van der Waals surface area contributed by atoms with Crippen molar-refractivity contribution in [1.82, 2.24) is 19.9 Å². The van der Waals surface area contributed by atoms with Crippen LogP contribution < -0.4 is 9.64 Å². The fourth-order valence-corrected chi connectivity index (χ4v) is 7.02. The maximum atomic E-state index is 16.0. The largest absolute Gasteiger partial charge is 0.461 e. The van der Waals surface area contributed by atoms with E-state index in [1.165, 1.54) is 12.8 Å². The zero-order valence-corrected chi connectivity index (χ0v) is 24.7. The molecule has 6 rings (SSSR count). The monoisotopic (exact) mass is 579 g/mol. The van der Waals surface area contributed by atoms with Gasteiger partial charge in [-0.25, -0.2) is 4.39 Å². The number of pyridine rings is 1. The van der Waals surface area contributed by atoms with Crippen LogP contribution in [0.25, 0.3) is 10.9 Å². The average Bonchev–Trinajstić information content (AvgIpc) is 3.53. The van der Waals surface area contributed by atoms with Crippen LogP contribution in [0.15, 0.2) is 53.3 Å². The van der Waals surface area contributed by atoms with E-state index >= 15 is 4.39 Å². The van der Waals surface area contributed by atoms with E-state index in [9.17, 15) is 5.11 Å². The van der Waals surface area contributed by atoms with Gasteiger partial charge in [-0.05, 0) is 70.2 Å². The molecular formula is C32H39ClFN5O2. The van der Waals surface area contributed by atoms with Gasteiger partial charge in [0.2, 0.25) is 0 Å². The number of piperidine rings is 1. The molecule has 2 aromatic rings. The van der Waals surface area contributed by atoms with Crippen LogP contribution in [0, 0.1) is 11.7 Å². The van der Waals surface area contributed by atoms with E-state index in [0.717, 1.165) is 43.0 Å². The van der Waals surface area contributed by atoms with E-state index < -0.39 is 11.4 Å². The molecule has 0 aromatic carbocycles. The molecule has 0 radical (unpaired) electrons. The second kappa shape index (κ2) is 11.5. The zero-order valence-electron chi connectivity index (χ0n) is 24.0. The number of ether oxygens (including phenoxy) is 1. The number of anilines is 1. The van der Waals surface area contributed by atoms with Gasteiger partial charge in [-0.15, -0.1) is 0 Å². The van der Waals surface area contributed by atoms with Gasteiger partial charge in [0.1, 0.15) is 17.9 Å². The minimum absolute atomic E-state index is 0.0273. The molecule has 3 saturated heterocycles. The van der Waals surface area contributed by atoms with Gasteiger partial charge < -0.3 is 14.7 Å². The van der Waals surface area contributed by atoms with Gasteiger partial charge in [0, 0.05) is 36.7 Å². The molecule has 3 fully saturated rings. The van der Waals surface area contributed by atoms with E-state index in [1.807, 2.05) is 48.3 Å². The number of halogens is 2. The van der Waals surface area contributed by atoms with Crippen molar-refractivity contribution in [3.63, 3.8) is 0 Å². The Morgan fingerprint density at radius 3 is 2.73 bits per heavy atom. The summed E-state index contributed by atoms with van der Waals surface area (Å²) in [5.41, 5.74) is 0.800. The Balaban J connectivity index is 1.30. The molecule has 1 aliphatic carbocycles. The maximum Gasteiger partial charge on any atom is 0.319 e. The number of nitrogens with zero attached hydrogens (tertiary/aromatic N) is 5. The minimum Gasteiger partial charge on any atom is -0.461 e. The number of β-amino-alcohol motifs (C(OH)–C–C–N with tert-alkyl or cyclic N) is 1. The summed E-state index contributed by atoms with van der Waals surface area (Å²) in [6.07, 6.45) is 19.7. The number of fused-ring (bicyclic) bond motifs is 2. The van der Waals surface area contributed by atoms with Crippen LogP contribution in [0.4, 0.5) is 10.2 Å². The lowest BCUT2D eigenvalue weighted by molar-refractivity contribution is 0.0447. The number of allylic oxidation sites excluding steroid dienone is 8. The highest BCUT2D eigenvalue weighted by Crippen LogP contribution is 2.39. The van der Waals surface area contributed by atoms with Crippen molar-refractivity contribution >= 4 is 28.3 Å². The van der Waals surface area contributed by atoms with Crippen molar-refractivity contribution in [3.05, 3.63) is 64.8 Å². The lowest BCUT2D eigenvalue weighted by atomic mass is 9.95. The molecule has 41 heavy (non-hydrogen) atoms. The molecule has 5 heterocycles. The summed E-state index contributed by atoms with van der Waals surface area (Å²) in [6.45, 7) is 7.71. The number of hydrogen-bond acceptors (Lipinski definition) is 7. The summed E-state index contributed by atoms with van der Waals surface area (Å²) in [6, 6.07) is 0.185. The Kier molecular flexibility index (Phi) is 7.92. The fourth-order valence-electron chi connectivity index (χ4n) is 6.83. The van der Waals surface area contributed by atoms with Crippen molar-refractivity contribution in [2.45, 2.75) is 69.9 Å². The molecular weight excluding hydrogens is 541 g/mol. The molecule has 1 N–H and O–H groups in total. The van der Waals surface area contributed by atoms with Crippen LogP contribution >= 0.6 is 11.6 Å². The van der Waals surface area contributed by atoms with Crippen LogP contribution in [0.5, 0.6) is 6.01 Å². The first-order valence-electron chi connectivity index (χ1n) is 14.9. The van der Waals surface area contributed by atoms with Crippen molar-refractivity contribution in [2.75, 3.05) is 37.7 Å². The van der Waals surface area contributed by atoms with Gasteiger partial charge in [0.05, 0.1) is 22.2 Å². The molecule has 2 atom stereocenters. The third kappa shape index (κ3) is 5.79. The highest BCUT2D eigenvalue weighted by molar-refractivity contribution is 6.30. The number of aromatic nitrogens is 3. The molecule has 3 aliphatic heterocycles. The second-order valence-electron chi connectivity index (χ2n) is 12.3. The van der Waals surface area contributed by atoms with Gasteiger partial charge in [-0.3, -0.25) is 9.88 Å². The smallest absolute Gasteiger partial charge is 0.319 e. The molecule has 9 heteroatoms. The highest BCUT2D eigenvalue weighted by Gasteiger charge is 2.45. The topological polar surface area (TPSA) is 74.6 Å². The number of rotatable bonds is 7. The first-order valence-corrected chi connectivity index (χ1v) is 15.2. The predicted octanol–water partition coefficient (Wildman–Crippen LogP) is 5.88. The SMILES string of the molecule is CC1C(Cl)=CC=C/C1=C/C=C\Cc1ncc2c(N3CCCC(C)(O)C3)nc(OCC34CCCN3CCC4)nc2c1F. The molecule has 0 spiro atoms. The Morgan fingerprint density at radius 1 is 1.17 bits per heavy atom. The molecule has 0 saturated carbocycles. The van der Waals surface area contributed by atoms with E-state index in [-0.39, 0.29) is 23.0 Å².